The second-order valence-electron chi connectivity index (χ2n) is 5.88. The second kappa shape index (κ2) is 5.49. The van der Waals surface area contributed by atoms with Crippen molar-refractivity contribution in [3.8, 4) is 0 Å². The summed E-state index contributed by atoms with van der Waals surface area (Å²) in [5.74, 6) is 1.68. The normalized spacial score (nSPS) is 11.2. The quantitative estimate of drug-likeness (QED) is 0.569. The molecule has 6 nitrogen and oxygen atoms in total. The summed E-state index contributed by atoms with van der Waals surface area (Å²) in [5.41, 5.74) is 1.67. The number of hydrogen-bond donors (Lipinski definition) is 2. The van der Waals surface area contributed by atoms with Crippen molar-refractivity contribution in [2.24, 2.45) is 7.05 Å². The van der Waals surface area contributed by atoms with Crippen LogP contribution in [0.4, 0.5) is 5.82 Å². The smallest absolute Gasteiger partial charge is 0.258 e. The Morgan fingerprint density at radius 2 is 2.12 bits per heavy atom. The number of rotatable bonds is 3. The standard InChI is InChI=1S/C18H17N5O/c1-11-3-4-12-13(9-11)16-14(5-6-20-18(16)24)22-17(12)21-10-15-19-7-8-23(15)2/h3-9H,10H2,1-2H3,(H,20,24)(H,21,22). The summed E-state index contributed by atoms with van der Waals surface area (Å²) in [4.78, 5) is 24.0. The first-order valence-electron chi connectivity index (χ1n) is 7.75. The SMILES string of the molecule is Cc1ccc2c(NCc3nccn3C)nc3cc[nH]c(=O)c3c2c1. The van der Waals surface area contributed by atoms with Crippen LogP contribution in [-0.4, -0.2) is 19.5 Å². The number of imidazole rings is 1. The lowest BCUT2D eigenvalue weighted by Crippen LogP contribution is -2.10. The number of aromatic amines is 1. The molecule has 0 saturated carbocycles. The maximum Gasteiger partial charge on any atom is 0.258 e. The summed E-state index contributed by atoms with van der Waals surface area (Å²) >= 11 is 0. The van der Waals surface area contributed by atoms with Gasteiger partial charge < -0.3 is 14.9 Å². The minimum Gasteiger partial charge on any atom is -0.362 e. The largest absolute Gasteiger partial charge is 0.362 e. The zero-order valence-corrected chi connectivity index (χ0v) is 13.5. The van der Waals surface area contributed by atoms with Gasteiger partial charge in [-0.2, -0.15) is 0 Å². The molecule has 0 saturated heterocycles. The summed E-state index contributed by atoms with van der Waals surface area (Å²) in [6, 6.07) is 7.88. The molecule has 0 atom stereocenters. The zero-order chi connectivity index (χ0) is 16.7. The average Bonchev–Trinajstić information content (AvgIpc) is 2.97. The van der Waals surface area contributed by atoms with E-state index >= 15 is 0 Å². The van der Waals surface area contributed by atoms with Gasteiger partial charge in [0.25, 0.3) is 5.56 Å². The predicted molar refractivity (Wildman–Crippen MR) is 95.1 cm³/mol. The summed E-state index contributed by atoms with van der Waals surface area (Å²) in [7, 11) is 1.96. The highest BCUT2D eigenvalue weighted by Crippen LogP contribution is 2.28. The molecule has 2 N–H and O–H groups in total. The first kappa shape index (κ1) is 14.4. The van der Waals surface area contributed by atoms with E-state index in [1.807, 2.05) is 49.0 Å². The monoisotopic (exact) mass is 319 g/mol. The van der Waals surface area contributed by atoms with Crippen molar-refractivity contribution in [3.63, 3.8) is 0 Å². The van der Waals surface area contributed by atoms with E-state index in [0.29, 0.717) is 17.4 Å². The van der Waals surface area contributed by atoms with Crippen LogP contribution >= 0.6 is 0 Å². The lowest BCUT2D eigenvalue weighted by Gasteiger charge is -2.12. The third-order valence-corrected chi connectivity index (χ3v) is 4.21. The van der Waals surface area contributed by atoms with Gasteiger partial charge in [-0.15, -0.1) is 0 Å². The molecule has 1 aromatic carbocycles. The molecule has 0 spiro atoms. The van der Waals surface area contributed by atoms with E-state index in [1.165, 1.54) is 0 Å². The van der Waals surface area contributed by atoms with E-state index in [0.717, 1.165) is 28.0 Å². The van der Waals surface area contributed by atoms with Crippen molar-refractivity contribution >= 4 is 27.5 Å². The molecule has 3 aromatic heterocycles. The molecule has 120 valence electrons. The molecule has 0 unspecified atom stereocenters. The maximum atomic E-state index is 12.3. The molecular weight excluding hydrogens is 302 g/mol. The number of aromatic nitrogens is 4. The highest BCUT2D eigenvalue weighted by molar-refractivity contribution is 6.09. The lowest BCUT2D eigenvalue weighted by molar-refractivity contribution is 0.812. The summed E-state index contributed by atoms with van der Waals surface area (Å²) in [6.45, 7) is 2.58. The van der Waals surface area contributed by atoms with Gasteiger partial charge >= 0.3 is 0 Å². The van der Waals surface area contributed by atoms with Crippen LogP contribution in [0.3, 0.4) is 0 Å². The first-order chi connectivity index (χ1) is 11.6. The van der Waals surface area contributed by atoms with Crippen LogP contribution in [0.15, 0.2) is 47.7 Å². The van der Waals surface area contributed by atoms with E-state index in [4.69, 9.17) is 0 Å². The van der Waals surface area contributed by atoms with Crippen LogP contribution in [-0.2, 0) is 13.6 Å². The molecule has 0 fully saturated rings. The van der Waals surface area contributed by atoms with E-state index in [2.05, 4.69) is 20.3 Å². The lowest BCUT2D eigenvalue weighted by atomic mass is 10.0. The van der Waals surface area contributed by atoms with Crippen molar-refractivity contribution in [2.45, 2.75) is 13.5 Å². The van der Waals surface area contributed by atoms with Crippen LogP contribution in [0, 0.1) is 6.92 Å². The van der Waals surface area contributed by atoms with Gasteiger partial charge in [-0.05, 0) is 13.0 Å². The first-order valence-corrected chi connectivity index (χ1v) is 7.75. The molecule has 4 aromatic rings. The molecule has 0 aliphatic heterocycles. The Kier molecular flexibility index (Phi) is 3.30. The number of hydrogen-bond acceptors (Lipinski definition) is 4. The third kappa shape index (κ3) is 2.32. The van der Waals surface area contributed by atoms with Gasteiger partial charge in [-0.1, -0.05) is 23.8 Å². The molecular formula is C18H17N5O. The van der Waals surface area contributed by atoms with Crippen LogP contribution in [0.1, 0.15) is 11.4 Å². The van der Waals surface area contributed by atoms with Gasteiger partial charge in [0, 0.05) is 36.4 Å². The Hall–Kier alpha value is -3.15. The van der Waals surface area contributed by atoms with E-state index in [9.17, 15) is 4.79 Å². The molecule has 24 heavy (non-hydrogen) atoms. The van der Waals surface area contributed by atoms with Crippen molar-refractivity contribution < 1.29 is 0 Å². The second-order valence-corrected chi connectivity index (χ2v) is 5.88. The van der Waals surface area contributed by atoms with Crippen molar-refractivity contribution in [2.75, 3.05) is 5.32 Å². The molecule has 4 rings (SSSR count). The van der Waals surface area contributed by atoms with Gasteiger partial charge in [0.05, 0.1) is 17.4 Å². The number of benzene rings is 1. The van der Waals surface area contributed by atoms with E-state index in [-0.39, 0.29) is 5.56 Å². The zero-order valence-electron chi connectivity index (χ0n) is 13.5. The van der Waals surface area contributed by atoms with Crippen LogP contribution in [0.2, 0.25) is 0 Å². The number of nitrogens with zero attached hydrogens (tertiary/aromatic N) is 3. The molecule has 0 radical (unpaired) electrons. The van der Waals surface area contributed by atoms with Crippen LogP contribution < -0.4 is 10.9 Å². The van der Waals surface area contributed by atoms with Crippen molar-refractivity contribution in [3.05, 3.63) is 64.6 Å². The Morgan fingerprint density at radius 3 is 2.92 bits per heavy atom. The Labute approximate surface area is 138 Å². The van der Waals surface area contributed by atoms with Crippen LogP contribution in [0.25, 0.3) is 21.7 Å². The van der Waals surface area contributed by atoms with E-state index < -0.39 is 0 Å². The fourth-order valence-electron chi connectivity index (χ4n) is 2.94. The van der Waals surface area contributed by atoms with Crippen molar-refractivity contribution in [1.82, 2.24) is 19.5 Å². The minimum absolute atomic E-state index is 0.119. The molecule has 3 heterocycles. The fourth-order valence-corrected chi connectivity index (χ4v) is 2.94. The molecule has 0 bridgehead atoms. The number of H-pyrrole nitrogens is 1. The van der Waals surface area contributed by atoms with Crippen LogP contribution in [0.5, 0.6) is 0 Å². The number of anilines is 1. The van der Waals surface area contributed by atoms with Gasteiger partial charge in [0.15, 0.2) is 0 Å². The summed E-state index contributed by atoms with van der Waals surface area (Å²) in [5, 5.41) is 5.82. The maximum absolute atomic E-state index is 12.3. The number of pyridine rings is 2. The molecule has 0 amide bonds. The van der Waals surface area contributed by atoms with Crippen molar-refractivity contribution in [1.29, 1.82) is 0 Å². The Balaban J connectivity index is 1.91. The van der Waals surface area contributed by atoms with Gasteiger partial charge in [-0.3, -0.25) is 4.79 Å². The molecule has 6 heteroatoms. The number of aryl methyl sites for hydroxylation is 2. The Bertz CT molecular complexity index is 1110. The van der Waals surface area contributed by atoms with E-state index in [1.54, 1.807) is 12.4 Å². The average molecular weight is 319 g/mol. The predicted octanol–water partition coefficient (Wildman–Crippen LogP) is 2.73. The topological polar surface area (TPSA) is 75.6 Å². The van der Waals surface area contributed by atoms with Gasteiger partial charge in [0.2, 0.25) is 0 Å². The van der Waals surface area contributed by atoms with Gasteiger partial charge in [0.1, 0.15) is 11.6 Å². The number of fused-ring (bicyclic) bond motifs is 3. The minimum atomic E-state index is -0.119. The molecule has 0 aliphatic carbocycles. The highest BCUT2D eigenvalue weighted by atomic mass is 16.1. The van der Waals surface area contributed by atoms with Gasteiger partial charge in [-0.25, -0.2) is 9.97 Å². The third-order valence-electron chi connectivity index (χ3n) is 4.21. The Morgan fingerprint density at radius 1 is 1.25 bits per heavy atom. The fraction of sp³-hybridized carbons (Fsp3) is 0.167. The summed E-state index contributed by atoms with van der Waals surface area (Å²) in [6.07, 6.45) is 5.31. The molecule has 0 aliphatic rings. The highest BCUT2D eigenvalue weighted by Gasteiger charge is 2.11. The number of nitrogens with one attached hydrogen (secondary N) is 2. The summed E-state index contributed by atoms with van der Waals surface area (Å²) < 4.78 is 1.96.